The molecule has 2 heterocycles. The van der Waals surface area contributed by atoms with Gasteiger partial charge in [-0.25, -0.2) is 4.99 Å². The van der Waals surface area contributed by atoms with Gasteiger partial charge < -0.3 is 19.2 Å². The summed E-state index contributed by atoms with van der Waals surface area (Å²) in [5, 5.41) is 4.51. The number of benzene rings is 2. The number of furan rings is 1. The zero-order valence-electron chi connectivity index (χ0n) is 16.6. The summed E-state index contributed by atoms with van der Waals surface area (Å²) in [6, 6.07) is 8.72. The fourth-order valence-electron chi connectivity index (χ4n) is 3.16. The Bertz CT molecular complexity index is 1300. The second-order valence-electron chi connectivity index (χ2n) is 6.42. The summed E-state index contributed by atoms with van der Waals surface area (Å²) in [5.41, 5.74) is 2.33. The highest BCUT2D eigenvalue weighted by molar-refractivity contribution is 6.40. The second-order valence-corrected chi connectivity index (χ2v) is 7.24. The molecule has 0 aliphatic heterocycles. The first-order valence-electron chi connectivity index (χ1n) is 9.31. The fraction of sp³-hybridized carbons (Fsp3) is 0.136. The van der Waals surface area contributed by atoms with E-state index in [0.29, 0.717) is 45.5 Å². The van der Waals surface area contributed by atoms with Gasteiger partial charge in [0.05, 0.1) is 40.7 Å². The number of nitrogens with zero attached hydrogens (tertiary/aromatic N) is 2. The number of methoxy groups -OCH3 is 1. The molecule has 158 valence electrons. The van der Waals surface area contributed by atoms with E-state index < -0.39 is 5.91 Å². The third kappa shape index (κ3) is 4.02. The minimum absolute atomic E-state index is 0.232. The molecule has 0 aliphatic carbocycles. The average Bonchev–Trinajstić information content (AvgIpc) is 3.15. The number of hydrogen-bond acceptors (Lipinski definition) is 6. The number of halogens is 2. The van der Waals surface area contributed by atoms with Crippen molar-refractivity contribution in [1.82, 2.24) is 4.98 Å². The Hall–Kier alpha value is -3.29. The quantitative estimate of drug-likeness (QED) is 0.273. The number of pyridine rings is 1. The van der Waals surface area contributed by atoms with E-state index in [1.54, 1.807) is 24.3 Å². The normalized spacial score (nSPS) is 11.4. The van der Waals surface area contributed by atoms with Crippen molar-refractivity contribution >= 4 is 68.8 Å². The van der Waals surface area contributed by atoms with Crippen LogP contribution in [0.4, 0.5) is 11.4 Å². The van der Waals surface area contributed by atoms with Crippen molar-refractivity contribution in [2.75, 3.05) is 19.0 Å². The molecular weight excluding hydrogens is 441 g/mol. The average molecular weight is 458 g/mol. The van der Waals surface area contributed by atoms with Crippen LogP contribution in [-0.4, -0.2) is 31.0 Å². The van der Waals surface area contributed by atoms with Gasteiger partial charge in [-0.3, -0.25) is 9.78 Å². The SMILES string of the molecule is CCO/C=N/c1ccc2oc3c(OC)ccc(C(=O)Nc4c(Cl)cncc4Cl)c3c2c1. The first-order chi connectivity index (χ1) is 15.0. The number of anilines is 1. The van der Waals surface area contributed by atoms with Gasteiger partial charge in [-0.1, -0.05) is 23.2 Å². The summed E-state index contributed by atoms with van der Waals surface area (Å²) in [6.07, 6.45) is 4.19. The molecular formula is C22H17Cl2N3O4. The molecule has 31 heavy (non-hydrogen) atoms. The zero-order valence-corrected chi connectivity index (χ0v) is 18.1. The van der Waals surface area contributed by atoms with Crippen molar-refractivity contribution in [2.45, 2.75) is 6.92 Å². The molecule has 7 nitrogen and oxygen atoms in total. The Morgan fingerprint density at radius 1 is 1.23 bits per heavy atom. The molecule has 2 aromatic carbocycles. The third-order valence-electron chi connectivity index (χ3n) is 4.57. The van der Waals surface area contributed by atoms with E-state index in [1.165, 1.54) is 25.9 Å². The van der Waals surface area contributed by atoms with E-state index in [0.717, 1.165) is 0 Å². The Labute approximate surface area is 187 Å². The number of carbonyl (C=O) groups is 1. The van der Waals surface area contributed by atoms with Crippen molar-refractivity contribution in [3.63, 3.8) is 0 Å². The smallest absolute Gasteiger partial charge is 0.256 e. The molecule has 0 unspecified atom stereocenters. The molecule has 0 saturated carbocycles. The summed E-state index contributed by atoms with van der Waals surface area (Å²) >= 11 is 12.3. The van der Waals surface area contributed by atoms with Gasteiger partial charge in [0, 0.05) is 23.2 Å². The molecule has 0 saturated heterocycles. The van der Waals surface area contributed by atoms with Crippen LogP contribution in [0, 0.1) is 0 Å². The van der Waals surface area contributed by atoms with E-state index in [1.807, 2.05) is 13.0 Å². The first kappa shape index (κ1) is 21.0. The first-order valence-corrected chi connectivity index (χ1v) is 10.1. The maximum Gasteiger partial charge on any atom is 0.256 e. The predicted octanol–water partition coefficient (Wildman–Crippen LogP) is 6.25. The minimum atomic E-state index is -0.409. The van der Waals surface area contributed by atoms with Crippen molar-refractivity contribution in [1.29, 1.82) is 0 Å². The fourth-order valence-corrected chi connectivity index (χ4v) is 3.62. The summed E-state index contributed by atoms with van der Waals surface area (Å²) < 4.78 is 16.6. The van der Waals surface area contributed by atoms with Gasteiger partial charge >= 0.3 is 0 Å². The molecule has 4 aromatic rings. The van der Waals surface area contributed by atoms with Gasteiger partial charge in [-0.2, -0.15) is 0 Å². The number of hydrogen-bond donors (Lipinski definition) is 1. The number of rotatable bonds is 6. The van der Waals surface area contributed by atoms with Gasteiger partial charge in [0.15, 0.2) is 17.7 Å². The number of amides is 1. The van der Waals surface area contributed by atoms with Crippen LogP contribution in [0.25, 0.3) is 21.9 Å². The summed E-state index contributed by atoms with van der Waals surface area (Å²) in [7, 11) is 1.54. The summed E-state index contributed by atoms with van der Waals surface area (Å²) in [5.74, 6) is 0.0932. The Morgan fingerprint density at radius 3 is 2.71 bits per heavy atom. The molecule has 4 rings (SSSR count). The highest BCUT2D eigenvalue weighted by atomic mass is 35.5. The van der Waals surface area contributed by atoms with Gasteiger partial charge in [-0.15, -0.1) is 0 Å². The van der Waals surface area contributed by atoms with Crippen molar-refractivity contribution in [3.8, 4) is 5.75 Å². The Kier molecular flexibility index (Phi) is 5.97. The lowest BCUT2D eigenvalue weighted by atomic mass is 10.0. The van der Waals surface area contributed by atoms with Crippen molar-refractivity contribution in [2.24, 2.45) is 4.99 Å². The standard InChI is InChI=1S/C22H17Cl2N3O4/c1-3-30-11-26-12-4-6-17-14(8-12)19-13(5-7-18(29-2)21(19)31-17)22(28)27-20-15(23)9-25-10-16(20)24/h4-11H,3H2,1-2H3,(H,25,27,28)/b26-11+. The molecule has 1 amide bonds. The molecule has 0 spiro atoms. The molecule has 1 N–H and O–H groups in total. The molecule has 0 aliphatic rings. The highest BCUT2D eigenvalue weighted by Gasteiger charge is 2.21. The highest BCUT2D eigenvalue weighted by Crippen LogP contribution is 2.39. The van der Waals surface area contributed by atoms with Crippen LogP contribution < -0.4 is 10.1 Å². The molecule has 2 aromatic heterocycles. The predicted molar refractivity (Wildman–Crippen MR) is 122 cm³/mol. The molecule has 0 radical (unpaired) electrons. The topological polar surface area (TPSA) is 86.0 Å². The number of fused-ring (bicyclic) bond motifs is 3. The van der Waals surface area contributed by atoms with E-state index in [4.69, 9.17) is 37.1 Å². The molecule has 0 bridgehead atoms. The maximum absolute atomic E-state index is 13.2. The van der Waals surface area contributed by atoms with E-state index >= 15 is 0 Å². The van der Waals surface area contributed by atoms with Crippen molar-refractivity contribution < 1.29 is 18.7 Å². The van der Waals surface area contributed by atoms with Crippen LogP contribution in [0.15, 0.2) is 52.1 Å². The number of ether oxygens (including phenoxy) is 2. The minimum Gasteiger partial charge on any atom is -0.493 e. The lowest BCUT2D eigenvalue weighted by Crippen LogP contribution is -2.13. The summed E-state index contributed by atoms with van der Waals surface area (Å²) in [4.78, 5) is 21.4. The van der Waals surface area contributed by atoms with E-state index in [2.05, 4.69) is 15.3 Å². The van der Waals surface area contributed by atoms with Crippen LogP contribution in [-0.2, 0) is 4.74 Å². The monoisotopic (exact) mass is 457 g/mol. The second kappa shape index (κ2) is 8.83. The number of nitrogens with one attached hydrogen (secondary N) is 1. The lowest BCUT2D eigenvalue weighted by molar-refractivity contribution is 0.102. The Morgan fingerprint density at radius 2 is 2.00 bits per heavy atom. The van der Waals surface area contributed by atoms with Crippen LogP contribution >= 0.6 is 23.2 Å². The van der Waals surface area contributed by atoms with Gasteiger partial charge in [0.1, 0.15) is 5.58 Å². The van der Waals surface area contributed by atoms with Crippen LogP contribution in [0.5, 0.6) is 5.75 Å². The number of aromatic nitrogens is 1. The molecule has 0 fully saturated rings. The largest absolute Gasteiger partial charge is 0.493 e. The van der Waals surface area contributed by atoms with Gasteiger partial charge in [-0.05, 0) is 37.3 Å². The number of carbonyl (C=O) groups excluding carboxylic acids is 1. The Balaban J connectivity index is 1.87. The number of aliphatic imine (C=N–C) groups is 1. The zero-order chi connectivity index (χ0) is 22.0. The lowest BCUT2D eigenvalue weighted by Gasteiger charge is -2.10. The van der Waals surface area contributed by atoms with Gasteiger partial charge in [0.25, 0.3) is 5.91 Å². The van der Waals surface area contributed by atoms with Crippen LogP contribution in [0.1, 0.15) is 17.3 Å². The van der Waals surface area contributed by atoms with E-state index in [9.17, 15) is 4.79 Å². The summed E-state index contributed by atoms with van der Waals surface area (Å²) in [6.45, 7) is 2.39. The molecule has 0 atom stereocenters. The van der Waals surface area contributed by atoms with Crippen LogP contribution in [0.2, 0.25) is 10.0 Å². The maximum atomic E-state index is 13.2. The van der Waals surface area contributed by atoms with Crippen LogP contribution in [0.3, 0.4) is 0 Å². The van der Waals surface area contributed by atoms with Gasteiger partial charge in [0.2, 0.25) is 0 Å². The third-order valence-corrected chi connectivity index (χ3v) is 5.14. The van der Waals surface area contributed by atoms with Crippen molar-refractivity contribution in [3.05, 3.63) is 58.3 Å². The molecule has 9 heteroatoms. The van der Waals surface area contributed by atoms with E-state index in [-0.39, 0.29) is 15.7 Å².